The summed E-state index contributed by atoms with van der Waals surface area (Å²) in [7, 11) is 0. The molecule has 0 aliphatic carbocycles. The highest BCUT2D eigenvalue weighted by atomic mass is 16.5. The molecule has 0 radical (unpaired) electrons. The number of rotatable bonds is 9. The van der Waals surface area contributed by atoms with Gasteiger partial charge in [0.2, 0.25) is 11.8 Å². The van der Waals surface area contributed by atoms with Crippen LogP contribution in [0.1, 0.15) is 31.2 Å². The third-order valence-corrected chi connectivity index (χ3v) is 3.82. The molecule has 0 atom stereocenters. The second-order valence-corrected chi connectivity index (χ2v) is 5.77. The molecular weight excluding hydrogens is 330 g/mol. The fraction of sp³-hybridized carbons (Fsp3) is 0.250. The Balaban J connectivity index is 1.71. The molecule has 0 aliphatic rings. The topological polar surface area (TPSA) is 91.3 Å². The molecule has 6 heteroatoms. The van der Waals surface area contributed by atoms with E-state index in [-0.39, 0.29) is 11.8 Å². The van der Waals surface area contributed by atoms with Crippen LogP contribution in [0.4, 0.5) is 0 Å². The van der Waals surface area contributed by atoms with E-state index in [4.69, 9.17) is 5.21 Å². The van der Waals surface area contributed by atoms with Gasteiger partial charge in [0.25, 0.3) is 0 Å². The summed E-state index contributed by atoms with van der Waals surface area (Å²) in [6.45, 7) is 0.558. The standard InChI is InChI=1S/C20H23N3O3/c24-19(22-14-7-1-2-12-20(25)23-26)11-6-3-8-16-13-15-21-18-10-5-4-9-17(16)18/h3-6,8-11,13,15,26H,1-2,7,12,14H2,(H,22,24)(H,23,25). The van der Waals surface area contributed by atoms with Crippen molar-refractivity contribution in [3.8, 4) is 0 Å². The van der Waals surface area contributed by atoms with Crippen molar-refractivity contribution < 1.29 is 14.8 Å². The summed E-state index contributed by atoms with van der Waals surface area (Å²) in [5.41, 5.74) is 3.58. The van der Waals surface area contributed by atoms with Crippen molar-refractivity contribution in [3.63, 3.8) is 0 Å². The number of benzene rings is 1. The molecule has 0 saturated heterocycles. The van der Waals surface area contributed by atoms with Gasteiger partial charge in [-0.15, -0.1) is 0 Å². The number of nitrogens with zero attached hydrogens (tertiary/aromatic N) is 1. The maximum Gasteiger partial charge on any atom is 0.243 e. The molecule has 1 aromatic heterocycles. The number of para-hydroxylation sites is 1. The number of nitrogens with one attached hydrogen (secondary N) is 2. The summed E-state index contributed by atoms with van der Waals surface area (Å²) in [5, 5.41) is 12.2. The van der Waals surface area contributed by atoms with Crippen LogP contribution >= 0.6 is 0 Å². The third-order valence-electron chi connectivity index (χ3n) is 3.82. The summed E-state index contributed by atoms with van der Waals surface area (Å²) in [6, 6.07) is 9.84. The van der Waals surface area contributed by atoms with Gasteiger partial charge in [0, 0.05) is 30.6 Å². The quantitative estimate of drug-likeness (QED) is 0.212. The van der Waals surface area contributed by atoms with Gasteiger partial charge in [-0.05, 0) is 30.5 Å². The molecule has 0 bridgehead atoms. The third kappa shape index (κ3) is 6.49. The highest BCUT2D eigenvalue weighted by molar-refractivity contribution is 5.89. The van der Waals surface area contributed by atoms with Gasteiger partial charge in [0.05, 0.1) is 5.52 Å². The van der Waals surface area contributed by atoms with Crippen molar-refractivity contribution in [1.82, 2.24) is 15.8 Å². The van der Waals surface area contributed by atoms with Crippen LogP contribution in [0.2, 0.25) is 0 Å². The van der Waals surface area contributed by atoms with Crippen molar-refractivity contribution in [2.75, 3.05) is 6.54 Å². The van der Waals surface area contributed by atoms with Crippen molar-refractivity contribution in [2.24, 2.45) is 0 Å². The Morgan fingerprint density at radius 3 is 2.77 bits per heavy atom. The van der Waals surface area contributed by atoms with E-state index in [2.05, 4.69) is 10.3 Å². The molecule has 3 N–H and O–H groups in total. The number of allylic oxidation sites excluding steroid dienone is 2. The molecule has 1 heterocycles. The molecule has 0 aliphatic heterocycles. The summed E-state index contributed by atoms with van der Waals surface area (Å²) in [5.74, 6) is -0.534. The van der Waals surface area contributed by atoms with E-state index in [0.29, 0.717) is 19.4 Å². The van der Waals surface area contributed by atoms with Crippen molar-refractivity contribution in [3.05, 3.63) is 60.3 Å². The number of unbranched alkanes of at least 4 members (excludes halogenated alkanes) is 2. The molecular formula is C20H23N3O3. The normalized spacial score (nSPS) is 11.3. The predicted molar refractivity (Wildman–Crippen MR) is 101 cm³/mol. The van der Waals surface area contributed by atoms with Crippen LogP contribution in [0.3, 0.4) is 0 Å². The molecule has 2 rings (SSSR count). The lowest BCUT2D eigenvalue weighted by Crippen LogP contribution is -2.22. The SMILES string of the molecule is O=C(C=CC=Cc1ccnc2ccccc12)NCCCCCC(=O)NO. The van der Waals surface area contributed by atoms with Crippen molar-refractivity contribution in [1.29, 1.82) is 0 Å². The first-order chi connectivity index (χ1) is 12.7. The van der Waals surface area contributed by atoms with E-state index in [1.165, 1.54) is 6.08 Å². The molecule has 0 fully saturated rings. The Hall–Kier alpha value is -2.99. The zero-order valence-electron chi connectivity index (χ0n) is 14.5. The van der Waals surface area contributed by atoms with E-state index in [1.807, 2.05) is 42.5 Å². The largest absolute Gasteiger partial charge is 0.353 e. The van der Waals surface area contributed by atoms with Crippen molar-refractivity contribution in [2.45, 2.75) is 25.7 Å². The van der Waals surface area contributed by atoms with Gasteiger partial charge in [0.15, 0.2) is 0 Å². The number of aromatic nitrogens is 1. The van der Waals surface area contributed by atoms with E-state index in [9.17, 15) is 9.59 Å². The van der Waals surface area contributed by atoms with E-state index in [1.54, 1.807) is 17.8 Å². The summed E-state index contributed by atoms with van der Waals surface area (Å²) < 4.78 is 0. The van der Waals surface area contributed by atoms with E-state index in [0.717, 1.165) is 29.3 Å². The van der Waals surface area contributed by atoms with Gasteiger partial charge in [-0.25, -0.2) is 5.48 Å². The lowest BCUT2D eigenvalue weighted by atomic mass is 10.1. The van der Waals surface area contributed by atoms with E-state index < -0.39 is 0 Å². The summed E-state index contributed by atoms with van der Waals surface area (Å²) >= 11 is 0. The average Bonchev–Trinajstić information content (AvgIpc) is 2.67. The van der Waals surface area contributed by atoms with Crippen LogP contribution in [0.5, 0.6) is 0 Å². The fourth-order valence-electron chi connectivity index (χ4n) is 2.48. The highest BCUT2D eigenvalue weighted by Gasteiger charge is 1.99. The van der Waals surface area contributed by atoms with Gasteiger partial charge in [-0.1, -0.05) is 42.8 Å². The molecule has 136 valence electrons. The molecule has 2 amide bonds. The number of pyridine rings is 1. The minimum absolute atomic E-state index is 0.151. The lowest BCUT2D eigenvalue weighted by molar-refractivity contribution is -0.129. The van der Waals surface area contributed by atoms with Gasteiger partial charge in [-0.3, -0.25) is 19.8 Å². The maximum absolute atomic E-state index is 11.7. The number of fused-ring (bicyclic) bond motifs is 1. The van der Waals surface area contributed by atoms with Crippen molar-refractivity contribution >= 4 is 28.8 Å². The Morgan fingerprint density at radius 1 is 1.08 bits per heavy atom. The zero-order valence-corrected chi connectivity index (χ0v) is 14.5. The van der Waals surface area contributed by atoms with Crippen LogP contribution < -0.4 is 10.8 Å². The molecule has 6 nitrogen and oxygen atoms in total. The number of hydrogen-bond acceptors (Lipinski definition) is 4. The minimum Gasteiger partial charge on any atom is -0.353 e. The summed E-state index contributed by atoms with van der Waals surface area (Å²) in [6.07, 6.45) is 11.3. The second-order valence-electron chi connectivity index (χ2n) is 5.77. The number of carbonyl (C=O) groups excluding carboxylic acids is 2. The van der Waals surface area contributed by atoms with Gasteiger partial charge in [-0.2, -0.15) is 0 Å². The van der Waals surface area contributed by atoms with Crippen LogP contribution in [-0.4, -0.2) is 28.6 Å². The molecule has 0 saturated carbocycles. The van der Waals surface area contributed by atoms with Gasteiger partial charge in [0.1, 0.15) is 0 Å². The first-order valence-electron chi connectivity index (χ1n) is 8.60. The first-order valence-corrected chi connectivity index (χ1v) is 8.60. The Bertz CT molecular complexity index is 794. The molecule has 0 unspecified atom stereocenters. The smallest absolute Gasteiger partial charge is 0.243 e. The monoisotopic (exact) mass is 353 g/mol. The number of amides is 2. The average molecular weight is 353 g/mol. The van der Waals surface area contributed by atoms with Crippen LogP contribution in [-0.2, 0) is 9.59 Å². The first kappa shape index (κ1) is 19.3. The van der Waals surface area contributed by atoms with Crippen LogP contribution in [0.25, 0.3) is 17.0 Å². The Labute approximate surface area is 152 Å². The molecule has 1 aromatic carbocycles. The highest BCUT2D eigenvalue weighted by Crippen LogP contribution is 2.17. The van der Waals surface area contributed by atoms with Gasteiger partial charge >= 0.3 is 0 Å². The second kappa shape index (κ2) is 10.8. The Kier molecular flexibility index (Phi) is 8.02. The van der Waals surface area contributed by atoms with E-state index >= 15 is 0 Å². The fourth-order valence-corrected chi connectivity index (χ4v) is 2.48. The number of hydrogen-bond donors (Lipinski definition) is 3. The van der Waals surface area contributed by atoms with Crippen LogP contribution in [0, 0.1) is 0 Å². The molecule has 2 aromatic rings. The molecule has 26 heavy (non-hydrogen) atoms. The van der Waals surface area contributed by atoms with Crippen LogP contribution in [0.15, 0.2) is 54.8 Å². The molecule has 0 spiro atoms. The number of hydroxylamine groups is 1. The van der Waals surface area contributed by atoms with Gasteiger partial charge < -0.3 is 5.32 Å². The zero-order chi connectivity index (χ0) is 18.6. The summed E-state index contributed by atoms with van der Waals surface area (Å²) in [4.78, 5) is 26.9. The Morgan fingerprint density at radius 2 is 1.92 bits per heavy atom. The maximum atomic E-state index is 11.7. The number of carbonyl (C=O) groups is 2. The lowest BCUT2D eigenvalue weighted by Gasteiger charge is -2.02. The minimum atomic E-state index is -0.384. The predicted octanol–water partition coefficient (Wildman–Crippen LogP) is 2.99.